The first-order valence-electron chi connectivity index (χ1n) is 8.56. The van der Waals surface area contributed by atoms with E-state index in [1.54, 1.807) is 0 Å². The molecule has 2 aliphatic rings. The fourth-order valence-electron chi connectivity index (χ4n) is 3.63. The van der Waals surface area contributed by atoms with Gasteiger partial charge >= 0.3 is 0 Å². The van der Waals surface area contributed by atoms with Crippen LogP contribution in [0.5, 0.6) is 0 Å². The zero-order valence-electron chi connectivity index (χ0n) is 13.5. The zero-order chi connectivity index (χ0) is 15.4. The van der Waals surface area contributed by atoms with E-state index in [4.69, 9.17) is 0 Å². The van der Waals surface area contributed by atoms with Gasteiger partial charge in [-0.1, -0.05) is 24.6 Å². The summed E-state index contributed by atoms with van der Waals surface area (Å²) in [4.78, 5) is 17.0. The average Bonchev–Trinajstić information content (AvgIpc) is 2.62. The number of amides is 1. The topological polar surface area (TPSA) is 35.6 Å². The molecule has 22 heavy (non-hydrogen) atoms. The summed E-state index contributed by atoms with van der Waals surface area (Å²) in [5.41, 5.74) is 1.27. The molecule has 1 unspecified atom stereocenters. The molecule has 4 nitrogen and oxygen atoms in total. The van der Waals surface area contributed by atoms with Crippen LogP contribution in [-0.4, -0.2) is 49.6 Å². The van der Waals surface area contributed by atoms with E-state index in [1.165, 1.54) is 18.5 Å². The number of hydrogen-bond donors (Lipinski definition) is 1. The lowest BCUT2D eigenvalue weighted by molar-refractivity contribution is -0.135. The van der Waals surface area contributed by atoms with Crippen LogP contribution in [0.15, 0.2) is 30.3 Å². The molecule has 2 aliphatic heterocycles. The molecular weight excluding hydrogens is 274 g/mol. The molecule has 4 heteroatoms. The normalized spacial score (nSPS) is 23.3. The van der Waals surface area contributed by atoms with Gasteiger partial charge in [0.2, 0.25) is 5.91 Å². The number of piperidine rings is 2. The molecule has 2 heterocycles. The van der Waals surface area contributed by atoms with E-state index in [0.717, 1.165) is 38.9 Å². The molecule has 2 saturated heterocycles. The van der Waals surface area contributed by atoms with Crippen LogP contribution in [0, 0.1) is 0 Å². The lowest BCUT2D eigenvalue weighted by atomic mass is 9.99. The van der Waals surface area contributed by atoms with Gasteiger partial charge in [0.05, 0.1) is 6.04 Å². The van der Waals surface area contributed by atoms with Crippen molar-refractivity contribution in [2.24, 2.45) is 0 Å². The van der Waals surface area contributed by atoms with Crippen molar-refractivity contribution in [2.45, 2.75) is 44.2 Å². The third-order valence-corrected chi connectivity index (χ3v) is 5.10. The van der Waals surface area contributed by atoms with Crippen LogP contribution < -0.4 is 10.2 Å². The number of nitrogens with one attached hydrogen (secondary N) is 1. The highest BCUT2D eigenvalue weighted by Gasteiger charge is 2.30. The second-order valence-corrected chi connectivity index (χ2v) is 6.51. The van der Waals surface area contributed by atoms with Gasteiger partial charge in [-0.05, 0) is 44.4 Å². The molecule has 1 aromatic rings. The standard InChI is InChI=1S/C18H27N3O/c1-20(15-7-3-2-4-8-15)16-10-13-21(14-11-16)18(22)17-9-5-6-12-19-17/h2-4,7-8,16-17,19H,5-6,9-14H2,1H3. The fourth-order valence-corrected chi connectivity index (χ4v) is 3.63. The van der Waals surface area contributed by atoms with Crippen molar-refractivity contribution in [2.75, 3.05) is 31.6 Å². The molecule has 1 atom stereocenters. The van der Waals surface area contributed by atoms with Gasteiger partial charge in [0.25, 0.3) is 0 Å². The number of hydrogen-bond acceptors (Lipinski definition) is 3. The van der Waals surface area contributed by atoms with E-state index >= 15 is 0 Å². The maximum Gasteiger partial charge on any atom is 0.239 e. The Kier molecular flexibility index (Phi) is 4.98. The maximum atomic E-state index is 12.5. The van der Waals surface area contributed by atoms with Crippen molar-refractivity contribution in [3.63, 3.8) is 0 Å². The second kappa shape index (κ2) is 7.14. The third kappa shape index (κ3) is 3.43. The van der Waals surface area contributed by atoms with E-state index in [1.807, 2.05) is 0 Å². The molecule has 120 valence electrons. The monoisotopic (exact) mass is 301 g/mol. The number of likely N-dealkylation sites (tertiary alicyclic amines) is 1. The average molecular weight is 301 g/mol. The molecule has 0 radical (unpaired) electrons. The summed E-state index contributed by atoms with van der Waals surface area (Å²) < 4.78 is 0. The number of rotatable bonds is 3. The van der Waals surface area contributed by atoms with Crippen LogP contribution in [0.4, 0.5) is 5.69 Å². The highest BCUT2D eigenvalue weighted by Crippen LogP contribution is 2.22. The van der Waals surface area contributed by atoms with Crippen molar-refractivity contribution < 1.29 is 4.79 Å². The Hall–Kier alpha value is -1.55. The van der Waals surface area contributed by atoms with Crippen LogP contribution >= 0.6 is 0 Å². The summed E-state index contributed by atoms with van der Waals surface area (Å²) in [7, 11) is 2.17. The minimum atomic E-state index is 0.0668. The van der Waals surface area contributed by atoms with E-state index in [-0.39, 0.29) is 6.04 Å². The Bertz CT molecular complexity index is 476. The summed E-state index contributed by atoms with van der Waals surface area (Å²) in [5.74, 6) is 0.320. The van der Waals surface area contributed by atoms with Gasteiger partial charge in [-0.15, -0.1) is 0 Å². The van der Waals surface area contributed by atoms with E-state index in [0.29, 0.717) is 11.9 Å². The minimum Gasteiger partial charge on any atom is -0.371 e. The molecule has 0 aromatic heterocycles. The van der Waals surface area contributed by atoms with Gasteiger partial charge in [-0.25, -0.2) is 0 Å². The van der Waals surface area contributed by atoms with Gasteiger partial charge in [-0.2, -0.15) is 0 Å². The Labute approximate surface area is 133 Å². The predicted molar refractivity (Wildman–Crippen MR) is 90.1 cm³/mol. The SMILES string of the molecule is CN(c1ccccc1)C1CCN(C(=O)C2CCCCN2)CC1. The van der Waals surface area contributed by atoms with Gasteiger partial charge in [0, 0.05) is 31.9 Å². The first-order valence-corrected chi connectivity index (χ1v) is 8.56. The summed E-state index contributed by atoms with van der Waals surface area (Å²) >= 11 is 0. The fraction of sp³-hybridized carbons (Fsp3) is 0.611. The first-order chi connectivity index (χ1) is 10.8. The van der Waals surface area contributed by atoms with Crippen LogP contribution in [0.25, 0.3) is 0 Å². The highest BCUT2D eigenvalue weighted by atomic mass is 16.2. The number of para-hydroxylation sites is 1. The predicted octanol–water partition coefficient (Wildman–Crippen LogP) is 2.26. The molecular formula is C18H27N3O. The molecule has 1 amide bonds. The maximum absolute atomic E-state index is 12.5. The number of carbonyl (C=O) groups is 1. The highest BCUT2D eigenvalue weighted by molar-refractivity contribution is 5.82. The van der Waals surface area contributed by atoms with Gasteiger partial charge in [-0.3, -0.25) is 4.79 Å². The summed E-state index contributed by atoms with van der Waals surface area (Å²) in [6, 6.07) is 11.1. The lowest BCUT2D eigenvalue weighted by Gasteiger charge is -2.39. The Morgan fingerprint density at radius 3 is 2.50 bits per heavy atom. The van der Waals surface area contributed by atoms with Gasteiger partial charge in [0.15, 0.2) is 0 Å². The Balaban J connectivity index is 1.52. The number of benzene rings is 1. The molecule has 0 spiro atoms. The number of nitrogens with zero attached hydrogens (tertiary/aromatic N) is 2. The largest absolute Gasteiger partial charge is 0.371 e. The van der Waals surface area contributed by atoms with Crippen molar-refractivity contribution in [1.29, 1.82) is 0 Å². The van der Waals surface area contributed by atoms with E-state index < -0.39 is 0 Å². The second-order valence-electron chi connectivity index (χ2n) is 6.51. The molecule has 3 rings (SSSR count). The quantitative estimate of drug-likeness (QED) is 0.930. The minimum absolute atomic E-state index is 0.0668. The molecule has 0 bridgehead atoms. The van der Waals surface area contributed by atoms with Crippen LogP contribution in [-0.2, 0) is 4.79 Å². The molecule has 0 aliphatic carbocycles. The summed E-state index contributed by atoms with van der Waals surface area (Å²) in [6.45, 7) is 2.77. The Morgan fingerprint density at radius 1 is 1.14 bits per heavy atom. The van der Waals surface area contributed by atoms with Crippen molar-refractivity contribution in [3.05, 3.63) is 30.3 Å². The molecule has 1 N–H and O–H groups in total. The van der Waals surface area contributed by atoms with Crippen molar-refractivity contribution in [3.8, 4) is 0 Å². The lowest BCUT2D eigenvalue weighted by Crippen LogP contribution is -2.52. The zero-order valence-corrected chi connectivity index (χ0v) is 13.5. The van der Waals surface area contributed by atoms with Crippen molar-refractivity contribution in [1.82, 2.24) is 10.2 Å². The van der Waals surface area contributed by atoms with Crippen LogP contribution in [0.1, 0.15) is 32.1 Å². The molecule has 1 aromatic carbocycles. The van der Waals surface area contributed by atoms with Crippen LogP contribution in [0.3, 0.4) is 0 Å². The van der Waals surface area contributed by atoms with E-state index in [2.05, 4.69) is 52.5 Å². The molecule has 2 fully saturated rings. The number of anilines is 1. The van der Waals surface area contributed by atoms with Gasteiger partial charge < -0.3 is 15.1 Å². The molecule has 0 saturated carbocycles. The number of carbonyl (C=O) groups excluding carboxylic acids is 1. The van der Waals surface area contributed by atoms with E-state index in [9.17, 15) is 4.79 Å². The third-order valence-electron chi connectivity index (χ3n) is 5.10. The van der Waals surface area contributed by atoms with Crippen molar-refractivity contribution >= 4 is 11.6 Å². The summed E-state index contributed by atoms with van der Waals surface area (Å²) in [5, 5.41) is 3.37. The summed E-state index contributed by atoms with van der Waals surface area (Å²) in [6.07, 6.45) is 5.50. The van der Waals surface area contributed by atoms with Gasteiger partial charge in [0.1, 0.15) is 0 Å². The first kappa shape index (κ1) is 15.3. The van der Waals surface area contributed by atoms with Crippen LogP contribution in [0.2, 0.25) is 0 Å². The smallest absolute Gasteiger partial charge is 0.239 e. The Morgan fingerprint density at radius 2 is 1.86 bits per heavy atom.